The zero-order valence-electron chi connectivity index (χ0n) is 11.0. The van der Waals surface area contributed by atoms with Gasteiger partial charge in [-0.1, -0.05) is 12.1 Å². The van der Waals surface area contributed by atoms with Crippen LogP contribution in [0, 0.1) is 0 Å². The van der Waals surface area contributed by atoms with Crippen LogP contribution in [0.25, 0.3) is 0 Å². The molecular weight excluding hydrogens is 228 g/mol. The van der Waals surface area contributed by atoms with Crippen molar-refractivity contribution in [1.29, 1.82) is 0 Å². The summed E-state index contributed by atoms with van der Waals surface area (Å²) in [5.41, 5.74) is 1.14. The Morgan fingerprint density at radius 1 is 1.39 bits per heavy atom. The number of carbonyl (C=O) groups excluding carboxylic acids is 1. The molecule has 0 radical (unpaired) electrons. The Balaban J connectivity index is 2.08. The molecule has 1 fully saturated rings. The van der Waals surface area contributed by atoms with Crippen LogP contribution in [0.1, 0.15) is 24.9 Å². The Labute approximate surface area is 108 Å². The molecule has 0 saturated carbocycles. The van der Waals surface area contributed by atoms with Crippen LogP contribution in [-0.2, 0) is 4.79 Å². The molecule has 98 valence electrons. The van der Waals surface area contributed by atoms with Crippen LogP contribution in [0.15, 0.2) is 24.3 Å². The summed E-state index contributed by atoms with van der Waals surface area (Å²) >= 11 is 0. The Kier molecular flexibility index (Phi) is 4.20. The molecule has 4 heteroatoms. The van der Waals surface area contributed by atoms with E-state index in [9.17, 15) is 4.79 Å². The number of rotatable bonds is 3. The maximum absolute atomic E-state index is 11.8. The minimum absolute atomic E-state index is 0.109. The minimum atomic E-state index is 0.109. The number of hydrogen-bond donors (Lipinski definition) is 1. The van der Waals surface area contributed by atoms with Crippen LogP contribution in [0.4, 0.5) is 0 Å². The summed E-state index contributed by atoms with van der Waals surface area (Å²) in [6.45, 7) is 4.24. The molecular formula is C14H20N2O2. The molecule has 1 unspecified atom stereocenters. The van der Waals surface area contributed by atoms with Crippen molar-refractivity contribution in [2.24, 2.45) is 0 Å². The summed E-state index contributed by atoms with van der Waals surface area (Å²) in [6, 6.07) is 8.08. The van der Waals surface area contributed by atoms with Gasteiger partial charge < -0.3 is 15.0 Å². The predicted molar refractivity (Wildman–Crippen MR) is 70.6 cm³/mol. The molecule has 4 nitrogen and oxygen atoms in total. The van der Waals surface area contributed by atoms with E-state index in [1.165, 1.54) is 0 Å². The van der Waals surface area contributed by atoms with Crippen molar-refractivity contribution in [3.05, 3.63) is 29.8 Å². The number of carbonyl (C=O) groups is 1. The first kappa shape index (κ1) is 12.9. The highest BCUT2D eigenvalue weighted by Crippen LogP contribution is 2.22. The number of likely N-dealkylation sites (N-methyl/N-ethyl adjacent to an activating group) is 1. The third-order valence-electron chi connectivity index (χ3n) is 3.24. The first-order valence-electron chi connectivity index (χ1n) is 6.41. The lowest BCUT2D eigenvalue weighted by molar-refractivity contribution is -0.129. The van der Waals surface area contributed by atoms with Crippen LogP contribution in [-0.4, -0.2) is 37.6 Å². The molecule has 1 heterocycles. The van der Waals surface area contributed by atoms with E-state index < -0.39 is 0 Å². The summed E-state index contributed by atoms with van der Waals surface area (Å²) in [4.78, 5) is 13.6. The molecule has 1 atom stereocenters. The zero-order valence-corrected chi connectivity index (χ0v) is 11.0. The van der Waals surface area contributed by atoms with E-state index in [0.717, 1.165) is 24.4 Å². The van der Waals surface area contributed by atoms with Crippen molar-refractivity contribution in [3.8, 4) is 5.75 Å². The highest BCUT2D eigenvalue weighted by molar-refractivity contribution is 5.77. The average molecular weight is 248 g/mol. The van der Waals surface area contributed by atoms with Gasteiger partial charge in [0.25, 0.3) is 0 Å². The third kappa shape index (κ3) is 3.01. The lowest BCUT2D eigenvalue weighted by Crippen LogP contribution is -2.27. The van der Waals surface area contributed by atoms with Gasteiger partial charge in [-0.3, -0.25) is 4.79 Å². The summed E-state index contributed by atoms with van der Waals surface area (Å²) in [5, 5.41) is 3.41. The number of hydrogen-bond acceptors (Lipinski definition) is 3. The summed E-state index contributed by atoms with van der Waals surface area (Å²) in [6.07, 6.45) is 0.518. The Bertz CT molecular complexity index is 403. The number of benzene rings is 1. The van der Waals surface area contributed by atoms with Gasteiger partial charge in [-0.05, 0) is 24.6 Å². The van der Waals surface area contributed by atoms with Gasteiger partial charge in [0.2, 0.25) is 5.91 Å². The van der Waals surface area contributed by atoms with E-state index in [4.69, 9.17) is 4.74 Å². The lowest BCUT2D eigenvalue weighted by atomic mass is 10.0. The van der Waals surface area contributed by atoms with Gasteiger partial charge in [-0.25, -0.2) is 0 Å². The van der Waals surface area contributed by atoms with E-state index in [1.807, 2.05) is 38.2 Å². The topological polar surface area (TPSA) is 41.6 Å². The fraction of sp³-hybridized carbons (Fsp3) is 0.500. The highest BCUT2D eigenvalue weighted by atomic mass is 16.5. The SMILES string of the molecule is CCOc1ccc(C2CC(=O)N(C)CCN2)cc1. The molecule has 0 spiro atoms. The molecule has 2 rings (SSSR count). The van der Waals surface area contributed by atoms with E-state index in [1.54, 1.807) is 4.90 Å². The van der Waals surface area contributed by atoms with Crippen LogP contribution in [0.5, 0.6) is 5.75 Å². The Hall–Kier alpha value is -1.55. The van der Waals surface area contributed by atoms with Crippen molar-refractivity contribution in [1.82, 2.24) is 10.2 Å². The second-order valence-electron chi connectivity index (χ2n) is 4.53. The van der Waals surface area contributed by atoms with Gasteiger partial charge in [0.15, 0.2) is 0 Å². The third-order valence-corrected chi connectivity index (χ3v) is 3.24. The smallest absolute Gasteiger partial charge is 0.224 e. The normalized spacial score (nSPS) is 20.7. The van der Waals surface area contributed by atoms with Gasteiger partial charge in [0.05, 0.1) is 6.61 Å². The van der Waals surface area contributed by atoms with Gasteiger partial charge in [0, 0.05) is 32.6 Å². The molecule has 0 aromatic heterocycles. The van der Waals surface area contributed by atoms with Crippen LogP contribution < -0.4 is 10.1 Å². The van der Waals surface area contributed by atoms with Crippen molar-refractivity contribution in [2.75, 3.05) is 26.7 Å². The molecule has 0 aliphatic carbocycles. The first-order valence-corrected chi connectivity index (χ1v) is 6.41. The fourth-order valence-electron chi connectivity index (χ4n) is 2.13. The predicted octanol–water partition coefficient (Wildman–Crippen LogP) is 1.58. The van der Waals surface area contributed by atoms with Crippen LogP contribution >= 0.6 is 0 Å². The number of ether oxygens (including phenoxy) is 1. The minimum Gasteiger partial charge on any atom is -0.494 e. The molecule has 1 amide bonds. The van der Waals surface area contributed by atoms with Gasteiger partial charge in [-0.15, -0.1) is 0 Å². The van der Waals surface area contributed by atoms with Gasteiger partial charge in [0.1, 0.15) is 5.75 Å². The Morgan fingerprint density at radius 3 is 2.78 bits per heavy atom. The second kappa shape index (κ2) is 5.87. The van der Waals surface area contributed by atoms with Gasteiger partial charge >= 0.3 is 0 Å². The van der Waals surface area contributed by atoms with Crippen molar-refractivity contribution in [3.63, 3.8) is 0 Å². The molecule has 1 aromatic rings. The zero-order chi connectivity index (χ0) is 13.0. The monoisotopic (exact) mass is 248 g/mol. The highest BCUT2D eigenvalue weighted by Gasteiger charge is 2.21. The molecule has 0 bridgehead atoms. The Morgan fingerprint density at radius 2 is 2.11 bits per heavy atom. The fourth-order valence-corrected chi connectivity index (χ4v) is 2.13. The molecule has 1 N–H and O–H groups in total. The quantitative estimate of drug-likeness (QED) is 0.883. The number of nitrogens with one attached hydrogen (secondary N) is 1. The summed E-state index contributed by atoms with van der Waals surface area (Å²) in [5.74, 6) is 1.07. The lowest BCUT2D eigenvalue weighted by Gasteiger charge is -2.16. The molecule has 1 aromatic carbocycles. The molecule has 1 aliphatic heterocycles. The van der Waals surface area contributed by atoms with Crippen LogP contribution in [0.3, 0.4) is 0 Å². The second-order valence-corrected chi connectivity index (χ2v) is 4.53. The average Bonchev–Trinajstić information content (AvgIpc) is 2.54. The van der Waals surface area contributed by atoms with Crippen LogP contribution in [0.2, 0.25) is 0 Å². The van der Waals surface area contributed by atoms with Crippen molar-refractivity contribution >= 4 is 5.91 Å². The maximum Gasteiger partial charge on any atom is 0.224 e. The largest absolute Gasteiger partial charge is 0.494 e. The van der Waals surface area contributed by atoms with Gasteiger partial charge in [-0.2, -0.15) is 0 Å². The van der Waals surface area contributed by atoms with E-state index >= 15 is 0 Å². The molecule has 1 saturated heterocycles. The van der Waals surface area contributed by atoms with E-state index in [-0.39, 0.29) is 11.9 Å². The van der Waals surface area contributed by atoms with E-state index in [0.29, 0.717) is 13.0 Å². The van der Waals surface area contributed by atoms with E-state index in [2.05, 4.69) is 5.32 Å². The van der Waals surface area contributed by atoms with Crippen molar-refractivity contribution in [2.45, 2.75) is 19.4 Å². The number of amides is 1. The summed E-state index contributed by atoms with van der Waals surface area (Å²) < 4.78 is 5.42. The molecule has 18 heavy (non-hydrogen) atoms. The number of nitrogens with zero attached hydrogens (tertiary/aromatic N) is 1. The summed E-state index contributed by atoms with van der Waals surface area (Å²) in [7, 11) is 1.85. The molecule has 1 aliphatic rings. The van der Waals surface area contributed by atoms with Crippen molar-refractivity contribution < 1.29 is 9.53 Å². The standard InChI is InChI=1S/C14H20N2O2/c1-3-18-12-6-4-11(5-7-12)13-10-14(17)16(2)9-8-15-13/h4-7,13,15H,3,8-10H2,1-2H3. The maximum atomic E-state index is 11.8. The first-order chi connectivity index (χ1) is 8.70.